The summed E-state index contributed by atoms with van der Waals surface area (Å²) in [5.74, 6) is 0.672. The van der Waals surface area contributed by atoms with Gasteiger partial charge in [-0.15, -0.1) is 0 Å². The van der Waals surface area contributed by atoms with Gasteiger partial charge in [-0.2, -0.15) is 0 Å². The van der Waals surface area contributed by atoms with Crippen LogP contribution in [0.3, 0.4) is 0 Å². The molecule has 0 radical (unpaired) electrons. The van der Waals surface area contributed by atoms with Gasteiger partial charge in [0.2, 0.25) is 0 Å². The van der Waals surface area contributed by atoms with Crippen molar-refractivity contribution in [3.05, 3.63) is 22.3 Å². The molecule has 1 aliphatic heterocycles. The Morgan fingerprint density at radius 3 is 2.36 bits per heavy atom. The van der Waals surface area contributed by atoms with E-state index in [0.29, 0.717) is 5.75 Å². The first-order valence-electron chi connectivity index (χ1n) is 7.76. The van der Waals surface area contributed by atoms with Gasteiger partial charge in [0, 0.05) is 5.56 Å². The zero-order valence-corrected chi connectivity index (χ0v) is 14.5. The first kappa shape index (κ1) is 16.7. The molecular formula is C18H26O4. The maximum atomic E-state index is 11.8. The summed E-state index contributed by atoms with van der Waals surface area (Å²) in [6.07, 6.45) is 0. The normalized spacial score (nSPS) is 19.0. The van der Waals surface area contributed by atoms with Crippen molar-refractivity contribution in [2.24, 2.45) is 5.92 Å². The molecule has 0 unspecified atom stereocenters. The molecule has 0 bridgehead atoms. The Labute approximate surface area is 132 Å². The van der Waals surface area contributed by atoms with Crippen molar-refractivity contribution in [3.8, 4) is 11.5 Å². The Bertz CT molecular complexity index is 614. The summed E-state index contributed by atoms with van der Waals surface area (Å²) < 4.78 is 11.6. The van der Waals surface area contributed by atoms with E-state index >= 15 is 0 Å². The van der Waals surface area contributed by atoms with Gasteiger partial charge in [0.15, 0.2) is 0 Å². The van der Waals surface area contributed by atoms with Crippen molar-refractivity contribution in [1.82, 2.24) is 0 Å². The predicted molar refractivity (Wildman–Crippen MR) is 85.6 cm³/mol. The molecule has 0 saturated heterocycles. The van der Waals surface area contributed by atoms with Crippen LogP contribution in [0, 0.1) is 26.7 Å². The minimum atomic E-state index is -0.477. The number of phenols is 1. The summed E-state index contributed by atoms with van der Waals surface area (Å²) in [7, 11) is 0. The van der Waals surface area contributed by atoms with E-state index in [1.165, 1.54) is 0 Å². The van der Waals surface area contributed by atoms with E-state index in [4.69, 9.17) is 9.47 Å². The highest BCUT2D eigenvalue weighted by Crippen LogP contribution is 2.51. The molecule has 1 N–H and O–H groups in total. The van der Waals surface area contributed by atoms with Crippen LogP contribution in [0.4, 0.5) is 0 Å². The lowest BCUT2D eigenvalue weighted by atomic mass is 9.83. The van der Waals surface area contributed by atoms with Crippen LogP contribution in [0.25, 0.3) is 0 Å². The number of carbonyl (C=O) groups excluding carboxylic acids is 1. The Morgan fingerprint density at radius 1 is 1.23 bits per heavy atom. The second-order valence-electron chi connectivity index (χ2n) is 7.01. The van der Waals surface area contributed by atoms with Crippen LogP contribution in [-0.2, 0) is 9.53 Å². The molecule has 1 atom stereocenters. The molecule has 2 rings (SSSR count). The number of esters is 1. The molecule has 0 aromatic heterocycles. The summed E-state index contributed by atoms with van der Waals surface area (Å²) in [6, 6.07) is 0. The van der Waals surface area contributed by atoms with Gasteiger partial charge in [-0.1, -0.05) is 13.8 Å². The zero-order valence-electron chi connectivity index (χ0n) is 14.5. The number of phenolic OH excluding ortho intramolecular Hbond substituents is 1. The Kier molecular flexibility index (Phi) is 4.16. The maximum Gasteiger partial charge on any atom is 0.308 e. The van der Waals surface area contributed by atoms with Gasteiger partial charge >= 0.3 is 5.97 Å². The third-order valence-corrected chi connectivity index (χ3v) is 4.68. The van der Waals surface area contributed by atoms with Crippen LogP contribution in [-0.4, -0.2) is 23.3 Å². The zero-order chi connectivity index (χ0) is 16.8. The smallest absolute Gasteiger partial charge is 0.308 e. The number of hydrogen-bond donors (Lipinski definition) is 1. The van der Waals surface area contributed by atoms with Crippen molar-refractivity contribution < 1.29 is 19.4 Å². The van der Waals surface area contributed by atoms with Crippen molar-refractivity contribution in [1.29, 1.82) is 0 Å². The van der Waals surface area contributed by atoms with E-state index in [2.05, 4.69) is 0 Å². The molecule has 122 valence electrons. The van der Waals surface area contributed by atoms with E-state index in [1.54, 1.807) is 0 Å². The molecule has 0 fully saturated rings. The molecule has 0 spiro atoms. The summed E-state index contributed by atoms with van der Waals surface area (Å²) in [6.45, 7) is 13.6. The molecule has 1 heterocycles. The fourth-order valence-corrected chi connectivity index (χ4v) is 2.98. The van der Waals surface area contributed by atoms with Crippen LogP contribution in [0.5, 0.6) is 11.5 Å². The molecule has 1 aliphatic rings. The summed E-state index contributed by atoms with van der Waals surface area (Å²) in [5, 5.41) is 10.3. The number of ether oxygens (including phenoxy) is 2. The van der Waals surface area contributed by atoms with Crippen LogP contribution in [0.15, 0.2) is 0 Å². The lowest BCUT2D eigenvalue weighted by molar-refractivity contribution is -0.148. The molecule has 0 amide bonds. The van der Waals surface area contributed by atoms with Gasteiger partial charge in [0.1, 0.15) is 23.7 Å². The summed E-state index contributed by atoms with van der Waals surface area (Å²) >= 11 is 0. The van der Waals surface area contributed by atoms with Gasteiger partial charge in [0.05, 0.1) is 11.8 Å². The predicted octanol–water partition coefficient (Wildman–Crippen LogP) is 3.77. The molecule has 4 heteroatoms. The van der Waals surface area contributed by atoms with Crippen LogP contribution < -0.4 is 4.74 Å². The largest absolute Gasteiger partial charge is 0.507 e. The number of carbonyl (C=O) groups is 1. The maximum absolute atomic E-state index is 11.8. The molecule has 0 saturated carbocycles. The van der Waals surface area contributed by atoms with Crippen LogP contribution in [0.2, 0.25) is 0 Å². The molecule has 1 aromatic carbocycles. The van der Waals surface area contributed by atoms with E-state index in [9.17, 15) is 9.90 Å². The minimum absolute atomic E-state index is 0.0876. The lowest BCUT2D eigenvalue weighted by Gasteiger charge is -2.26. The first-order valence-corrected chi connectivity index (χ1v) is 7.76. The van der Waals surface area contributed by atoms with Crippen molar-refractivity contribution in [3.63, 3.8) is 0 Å². The standard InChI is InChI=1S/C18H26O4/c1-9(2)17(20)21-8-13-14-12(5)15(19)10(3)11(4)16(14)22-18(13,6)7/h9,13,19H,8H2,1-7H3/t13-/m0/s1. The third-order valence-electron chi connectivity index (χ3n) is 4.68. The lowest BCUT2D eigenvalue weighted by Crippen LogP contribution is -2.34. The second-order valence-corrected chi connectivity index (χ2v) is 7.01. The summed E-state index contributed by atoms with van der Waals surface area (Å²) in [4.78, 5) is 11.8. The van der Waals surface area contributed by atoms with Gasteiger partial charge in [0.25, 0.3) is 0 Å². The number of benzene rings is 1. The molecule has 4 nitrogen and oxygen atoms in total. The van der Waals surface area contributed by atoms with E-state index in [0.717, 1.165) is 28.0 Å². The highest BCUT2D eigenvalue weighted by molar-refractivity contribution is 5.71. The Morgan fingerprint density at radius 2 is 1.82 bits per heavy atom. The fourth-order valence-electron chi connectivity index (χ4n) is 2.98. The molecule has 1 aromatic rings. The number of aromatic hydroxyl groups is 1. The number of fused-ring (bicyclic) bond motifs is 1. The second kappa shape index (κ2) is 5.49. The van der Waals surface area contributed by atoms with Crippen LogP contribution >= 0.6 is 0 Å². The summed E-state index contributed by atoms with van der Waals surface area (Å²) in [5.41, 5.74) is 3.09. The first-order chi connectivity index (χ1) is 10.1. The fraction of sp³-hybridized carbons (Fsp3) is 0.611. The van der Waals surface area contributed by atoms with Crippen molar-refractivity contribution in [2.75, 3.05) is 6.61 Å². The SMILES string of the molecule is Cc1c(C)c2c(c(C)c1O)[C@H](COC(=O)C(C)C)C(C)(C)O2. The topological polar surface area (TPSA) is 55.8 Å². The van der Waals surface area contributed by atoms with Crippen molar-refractivity contribution in [2.45, 2.75) is 60.0 Å². The van der Waals surface area contributed by atoms with Gasteiger partial charge < -0.3 is 14.6 Å². The molecular weight excluding hydrogens is 280 g/mol. The quantitative estimate of drug-likeness (QED) is 0.864. The third kappa shape index (κ3) is 2.55. The van der Waals surface area contributed by atoms with Gasteiger partial charge in [-0.05, 0) is 51.3 Å². The van der Waals surface area contributed by atoms with Crippen LogP contribution in [0.1, 0.15) is 55.9 Å². The van der Waals surface area contributed by atoms with Gasteiger partial charge in [-0.25, -0.2) is 0 Å². The van der Waals surface area contributed by atoms with E-state index in [1.807, 2.05) is 48.5 Å². The Balaban J connectivity index is 2.44. The highest BCUT2D eigenvalue weighted by Gasteiger charge is 2.44. The molecule has 22 heavy (non-hydrogen) atoms. The van der Waals surface area contributed by atoms with E-state index in [-0.39, 0.29) is 24.4 Å². The number of hydrogen-bond acceptors (Lipinski definition) is 4. The average Bonchev–Trinajstić information content (AvgIpc) is 2.71. The number of rotatable bonds is 3. The van der Waals surface area contributed by atoms with E-state index < -0.39 is 5.60 Å². The highest BCUT2D eigenvalue weighted by atomic mass is 16.5. The van der Waals surface area contributed by atoms with Crippen molar-refractivity contribution >= 4 is 5.97 Å². The Hall–Kier alpha value is -1.71. The molecule has 0 aliphatic carbocycles. The average molecular weight is 306 g/mol. The monoisotopic (exact) mass is 306 g/mol. The van der Waals surface area contributed by atoms with Gasteiger partial charge in [-0.3, -0.25) is 4.79 Å². The minimum Gasteiger partial charge on any atom is -0.507 e.